The Bertz CT molecular complexity index is 582. The predicted octanol–water partition coefficient (Wildman–Crippen LogP) is 2.34. The van der Waals surface area contributed by atoms with E-state index in [0.29, 0.717) is 19.5 Å². The van der Waals surface area contributed by atoms with Crippen LogP contribution in [0, 0.1) is 0 Å². The van der Waals surface area contributed by atoms with Crippen molar-refractivity contribution in [2.75, 3.05) is 40.4 Å². The van der Waals surface area contributed by atoms with E-state index in [9.17, 15) is 4.79 Å². The highest BCUT2D eigenvalue weighted by molar-refractivity contribution is 14.0. The number of amides is 1. The number of carbonyl (C=O) groups excluding carboxylic acids is 1. The van der Waals surface area contributed by atoms with E-state index in [-0.39, 0.29) is 29.9 Å². The van der Waals surface area contributed by atoms with Gasteiger partial charge in [0.15, 0.2) is 17.5 Å². The molecular weight excluding hydrogens is 459 g/mol. The summed E-state index contributed by atoms with van der Waals surface area (Å²) in [7, 11) is 3.26. The molecule has 0 saturated carbocycles. The minimum Gasteiger partial charge on any atom is -0.493 e. The summed E-state index contributed by atoms with van der Waals surface area (Å²) in [5, 5.41) is 9.33. The number of hydrogen-bond acceptors (Lipinski definition) is 4. The second kappa shape index (κ2) is 15.4. The Morgan fingerprint density at radius 2 is 1.78 bits per heavy atom. The molecule has 1 aromatic carbocycles. The number of methoxy groups -OCH3 is 2. The second-order valence-electron chi connectivity index (χ2n) is 5.73. The number of guanidine groups is 1. The van der Waals surface area contributed by atoms with Gasteiger partial charge in [0.1, 0.15) is 0 Å². The molecule has 0 heterocycles. The maximum Gasteiger partial charge on any atom is 0.221 e. The third kappa shape index (κ3) is 10.3. The van der Waals surface area contributed by atoms with Crippen LogP contribution >= 0.6 is 24.0 Å². The number of ether oxygens (including phenoxy) is 2. The monoisotopic (exact) mass is 492 g/mol. The van der Waals surface area contributed by atoms with Crippen LogP contribution in [-0.2, 0) is 11.2 Å². The van der Waals surface area contributed by atoms with Crippen LogP contribution in [-0.4, -0.2) is 52.3 Å². The van der Waals surface area contributed by atoms with Crippen LogP contribution in [0.4, 0.5) is 0 Å². The van der Waals surface area contributed by atoms with E-state index in [1.807, 2.05) is 32.0 Å². The van der Waals surface area contributed by atoms with Crippen molar-refractivity contribution in [3.8, 4) is 11.5 Å². The third-order valence-electron chi connectivity index (χ3n) is 3.68. The Morgan fingerprint density at radius 3 is 2.41 bits per heavy atom. The number of nitrogens with one attached hydrogen (secondary N) is 3. The van der Waals surface area contributed by atoms with Gasteiger partial charge in [-0.3, -0.25) is 9.79 Å². The molecule has 154 valence electrons. The van der Waals surface area contributed by atoms with Crippen molar-refractivity contribution in [2.45, 2.75) is 33.1 Å². The number of rotatable bonds is 11. The van der Waals surface area contributed by atoms with E-state index >= 15 is 0 Å². The zero-order valence-electron chi connectivity index (χ0n) is 16.8. The van der Waals surface area contributed by atoms with Gasteiger partial charge < -0.3 is 25.4 Å². The van der Waals surface area contributed by atoms with Crippen LogP contribution in [0.3, 0.4) is 0 Å². The summed E-state index contributed by atoms with van der Waals surface area (Å²) in [5.74, 6) is 2.21. The van der Waals surface area contributed by atoms with Crippen molar-refractivity contribution in [3.63, 3.8) is 0 Å². The third-order valence-corrected chi connectivity index (χ3v) is 3.68. The highest BCUT2D eigenvalue weighted by Crippen LogP contribution is 2.27. The molecule has 0 aromatic heterocycles. The highest BCUT2D eigenvalue weighted by atomic mass is 127. The lowest BCUT2D eigenvalue weighted by Crippen LogP contribution is -2.38. The maximum atomic E-state index is 11.6. The van der Waals surface area contributed by atoms with Crippen molar-refractivity contribution in [1.29, 1.82) is 0 Å². The summed E-state index contributed by atoms with van der Waals surface area (Å²) >= 11 is 0. The number of aliphatic imine (C=N–C) groups is 1. The van der Waals surface area contributed by atoms with Gasteiger partial charge in [-0.15, -0.1) is 24.0 Å². The molecule has 1 amide bonds. The van der Waals surface area contributed by atoms with Gasteiger partial charge in [-0.1, -0.05) is 13.0 Å². The van der Waals surface area contributed by atoms with E-state index in [1.165, 1.54) is 0 Å². The molecule has 0 aliphatic heterocycles. The lowest BCUT2D eigenvalue weighted by Gasteiger charge is -2.12. The SMILES string of the molecule is CCCNC(=O)CCN=C(NCC)NCCc1ccc(OC)c(OC)c1.I. The standard InChI is InChI=1S/C19H32N4O3.HI/c1-5-11-21-18(24)10-13-23-19(20-6-2)22-12-9-15-7-8-16(25-3)17(14-15)26-4;/h7-8,14H,5-6,9-13H2,1-4H3,(H,21,24)(H2,20,22,23);1H. The van der Waals surface area contributed by atoms with Crippen LogP contribution in [0.2, 0.25) is 0 Å². The summed E-state index contributed by atoms with van der Waals surface area (Å²) in [4.78, 5) is 16.1. The average molecular weight is 492 g/mol. The summed E-state index contributed by atoms with van der Waals surface area (Å²) in [6.07, 6.45) is 2.16. The molecule has 7 nitrogen and oxygen atoms in total. The molecule has 0 aliphatic rings. The Kier molecular flexibility index (Phi) is 14.4. The zero-order chi connectivity index (χ0) is 19.2. The van der Waals surface area contributed by atoms with Crippen LogP contribution in [0.25, 0.3) is 0 Å². The maximum absolute atomic E-state index is 11.6. The molecule has 0 aliphatic carbocycles. The number of carbonyl (C=O) groups is 1. The zero-order valence-corrected chi connectivity index (χ0v) is 19.1. The molecule has 1 aromatic rings. The summed E-state index contributed by atoms with van der Waals surface area (Å²) in [5.41, 5.74) is 1.14. The molecule has 0 atom stereocenters. The minimum atomic E-state index is 0. The second-order valence-corrected chi connectivity index (χ2v) is 5.73. The average Bonchev–Trinajstić information content (AvgIpc) is 2.66. The van der Waals surface area contributed by atoms with E-state index in [2.05, 4.69) is 20.9 Å². The van der Waals surface area contributed by atoms with E-state index < -0.39 is 0 Å². The Labute approximate surface area is 179 Å². The fraction of sp³-hybridized carbons (Fsp3) is 0.579. The number of halogens is 1. The fourth-order valence-electron chi connectivity index (χ4n) is 2.33. The molecule has 8 heteroatoms. The largest absolute Gasteiger partial charge is 0.493 e. The fourth-order valence-corrected chi connectivity index (χ4v) is 2.33. The first-order valence-electron chi connectivity index (χ1n) is 9.14. The molecule has 0 radical (unpaired) electrons. The quantitative estimate of drug-likeness (QED) is 0.251. The molecular formula is C19H33IN4O3. The van der Waals surface area contributed by atoms with Gasteiger partial charge in [-0.05, 0) is 37.5 Å². The first-order valence-corrected chi connectivity index (χ1v) is 9.14. The number of nitrogens with zero attached hydrogens (tertiary/aromatic N) is 1. The van der Waals surface area contributed by atoms with Crippen LogP contribution < -0.4 is 25.4 Å². The topological polar surface area (TPSA) is 84.0 Å². The number of benzene rings is 1. The lowest BCUT2D eigenvalue weighted by atomic mass is 10.1. The van der Waals surface area contributed by atoms with Crippen molar-refractivity contribution < 1.29 is 14.3 Å². The van der Waals surface area contributed by atoms with Crippen LogP contribution in [0.15, 0.2) is 23.2 Å². The Morgan fingerprint density at radius 1 is 1.04 bits per heavy atom. The Balaban J connectivity index is 0.00000676. The molecule has 0 bridgehead atoms. The van der Waals surface area contributed by atoms with E-state index in [0.717, 1.165) is 49.0 Å². The van der Waals surface area contributed by atoms with Crippen molar-refractivity contribution in [1.82, 2.24) is 16.0 Å². The van der Waals surface area contributed by atoms with Crippen molar-refractivity contribution in [3.05, 3.63) is 23.8 Å². The molecule has 27 heavy (non-hydrogen) atoms. The lowest BCUT2D eigenvalue weighted by molar-refractivity contribution is -0.120. The first-order chi connectivity index (χ1) is 12.6. The van der Waals surface area contributed by atoms with E-state index in [4.69, 9.17) is 9.47 Å². The van der Waals surface area contributed by atoms with Gasteiger partial charge in [0.25, 0.3) is 0 Å². The highest BCUT2D eigenvalue weighted by Gasteiger charge is 2.05. The molecule has 1 rings (SSSR count). The predicted molar refractivity (Wildman–Crippen MR) is 121 cm³/mol. The first kappa shape index (κ1) is 25.3. The molecule has 0 spiro atoms. The van der Waals surface area contributed by atoms with Gasteiger partial charge in [-0.25, -0.2) is 0 Å². The van der Waals surface area contributed by atoms with E-state index in [1.54, 1.807) is 14.2 Å². The van der Waals surface area contributed by atoms with Crippen molar-refractivity contribution in [2.24, 2.45) is 4.99 Å². The van der Waals surface area contributed by atoms with Gasteiger partial charge in [0.05, 0.1) is 20.8 Å². The molecule has 0 fully saturated rings. The van der Waals surface area contributed by atoms with Crippen LogP contribution in [0.1, 0.15) is 32.3 Å². The molecule has 3 N–H and O–H groups in total. The smallest absolute Gasteiger partial charge is 0.221 e. The Hall–Kier alpha value is -1.71. The molecule has 0 saturated heterocycles. The van der Waals surface area contributed by atoms with Gasteiger partial charge in [0.2, 0.25) is 5.91 Å². The van der Waals surface area contributed by atoms with Gasteiger partial charge in [0, 0.05) is 26.1 Å². The summed E-state index contributed by atoms with van der Waals surface area (Å²) < 4.78 is 10.6. The normalized spacial score (nSPS) is 10.6. The number of hydrogen-bond donors (Lipinski definition) is 3. The van der Waals surface area contributed by atoms with Gasteiger partial charge >= 0.3 is 0 Å². The summed E-state index contributed by atoms with van der Waals surface area (Å²) in [6.45, 7) is 6.71. The minimum absolute atomic E-state index is 0. The molecule has 0 unspecified atom stereocenters. The van der Waals surface area contributed by atoms with Crippen LogP contribution in [0.5, 0.6) is 11.5 Å². The van der Waals surface area contributed by atoms with Crippen molar-refractivity contribution >= 4 is 35.8 Å². The van der Waals surface area contributed by atoms with Gasteiger partial charge in [-0.2, -0.15) is 0 Å². The summed E-state index contributed by atoms with van der Waals surface area (Å²) in [6, 6.07) is 5.90.